The molecule has 9 heteroatoms. The molecular weight excluding hydrogens is 598 g/mol. The van der Waals surface area contributed by atoms with E-state index in [2.05, 4.69) is 113 Å². The largest absolute Gasteiger partial charge is 0.258 e. The molecule has 0 saturated carbocycles. The SMILES string of the molecule is C=C.C=C.C=C.CC(C)n1nc(-c2ccccc2)c(-c2ccc(Br)cc2)n1.Cc1ccc(S(=O)(=O)NC(C)C)nc1. The molecule has 4 rings (SSSR count). The smallest absolute Gasteiger partial charge is 0.243 e. The van der Waals surface area contributed by atoms with Crippen LogP contribution in [0.1, 0.15) is 39.3 Å². The van der Waals surface area contributed by atoms with Crippen LogP contribution in [0.2, 0.25) is 0 Å². The highest BCUT2D eigenvalue weighted by Gasteiger charge is 2.17. The van der Waals surface area contributed by atoms with Crippen molar-refractivity contribution >= 4 is 26.0 Å². The Kier molecular flexibility index (Phi) is 17.7. The fourth-order valence-electron chi connectivity index (χ4n) is 3.13. The Labute approximate surface area is 254 Å². The van der Waals surface area contributed by atoms with Gasteiger partial charge >= 0.3 is 0 Å². The molecule has 0 radical (unpaired) electrons. The molecule has 0 aliphatic heterocycles. The topological polar surface area (TPSA) is 89.8 Å². The summed E-state index contributed by atoms with van der Waals surface area (Å²) < 4.78 is 26.7. The third-order valence-corrected chi connectivity index (χ3v) is 6.91. The summed E-state index contributed by atoms with van der Waals surface area (Å²) in [6.45, 7) is 27.6. The lowest BCUT2D eigenvalue weighted by Gasteiger charge is -2.08. The van der Waals surface area contributed by atoms with Gasteiger partial charge in [-0.3, -0.25) is 0 Å². The monoisotopic (exact) mass is 639 g/mol. The van der Waals surface area contributed by atoms with Crippen LogP contribution >= 0.6 is 15.9 Å². The molecule has 0 amide bonds. The average molecular weight is 641 g/mol. The predicted molar refractivity (Wildman–Crippen MR) is 177 cm³/mol. The molecule has 0 spiro atoms. The van der Waals surface area contributed by atoms with E-state index in [4.69, 9.17) is 0 Å². The number of hydrogen-bond donors (Lipinski definition) is 1. The number of nitrogens with zero attached hydrogens (tertiary/aromatic N) is 4. The minimum absolute atomic E-state index is 0.0665. The van der Waals surface area contributed by atoms with E-state index in [0.29, 0.717) is 0 Å². The van der Waals surface area contributed by atoms with E-state index in [0.717, 1.165) is 32.6 Å². The molecule has 0 unspecified atom stereocenters. The number of sulfonamides is 1. The number of pyridine rings is 1. The number of aromatic nitrogens is 4. The van der Waals surface area contributed by atoms with Gasteiger partial charge in [0.2, 0.25) is 0 Å². The third kappa shape index (κ3) is 12.2. The summed E-state index contributed by atoms with van der Waals surface area (Å²) in [4.78, 5) is 5.63. The van der Waals surface area contributed by atoms with Crippen LogP contribution in [0, 0.1) is 6.92 Å². The van der Waals surface area contributed by atoms with E-state index in [1.54, 1.807) is 24.7 Å². The number of hydrogen-bond acceptors (Lipinski definition) is 5. The zero-order valence-corrected chi connectivity index (χ0v) is 27.1. The highest BCUT2D eigenvalue weighted by molar-refractivity contribution is 9.10. The van der Waals surface area contributed by atoms with Crippen molar-refractivity contribution in [1.82, 2.24) is 24.7 Å². The highest BCUT2D eigenvalue weighted by atomic mass is 79.9. The Morgan fingerprint density at radius 1 is 0.756 bits per heavy atom. The van der Waals surface area contributed by atoms with Crippen molar-refractivity contribution in [3.05, 3.63) is 122 Å². The molecule has 0 saturated heterocycles. The lowest BCUT2D eigenvalue weighted by molar-refractivity contribution is 0.468. The summed E-state index contributed by atoms with van der Waals surface area (Å²) in [7, 11) is -3.44. The Morgan fingerprint density at radius 3 is 1.66 bits per heavy atom. The summed E-state index contributed by atoms with van der Waals surface area (Å²) >= 11 is 3.47. The number of rotatable bonds is 6. The van der Waals surface area contributed by atoms with Gasteiger partial charge in [-0.1, -0.05) is 64.5 Å². The molecule has 0 atom stereocenters. The van der Waals surface area contributed by atoms with Gasteiger partial charge in [-0.05, 0) is 58.4 Å². The first-order valence-electron chi connectivity index (χ1n) is 12.8. The van der Waals surface area contributed by atoms with Crippen molar-refractivity contribution in [3.63, 3.8) is 0 Å². The summed E-state index contributed by atoms with van der Waals surface area (Å²) in [6, 6.07) is 21.7. The van der Waals surface area contributed by atoms with Crippen LogP contribution in [-0.2, 0) is 10.0 Å². The zero-order valence-electron chi connectivity index (χ0n) is 24.7. The minimum atomic E-state index is -3.44. The fraction of sp³-hybridized carbons (Fsp3) is 0.219. The van der Waals surface area contributed by atoms with E-state index in [1.165, 1.54) is 12.3 Å². The van der Waals surface area contributed by atoms with Crippen LogP contribution in [0.15, 0.2) is 122 Å². The van der Waals surface area contributed by atoms with Crippen LogP contribution in [0.25, 0.3) is 22.5 Å². The van der Waals surface area contributed by atoms with Crippen molar-refractivity contribution < 1.29 is 8.42 Å². The second-order valence-electron chi connectivity index (χ2n) is 8.63. The minimum Gasteiger partial charge on any atom is -0.243 e. The Bertz CT molecular complexity index is 1380. The van der Waals surface area contributed by atoms with Gasteiger partial charge in [0.05, 0.1) is 6.04 Å². The van der Waals surface area contributed by atoms with Crippen LogP contribution in [0.5, 0.6) is 0 Å². The van der Waals surface area contributed by atoms with Gasteiger partial charge in [0.25, 0.3) is 10.0 Å². The number of benzene rings is 2. The normalized spacial score (nSPS) is 10.0. The Morgan fingerprint density at radius 2 is 1.24 bits per heavy atom. The average Bonchev–Trinajstić information content (AvgIpc) is 3.43. The maximum absolute atomic E-state index is 11.6. The van der Waals surface area contributed by atoms with Gasteiger partial charge in [-0.2, -0.15) is 15.0 Å². The maximum Gasteiger partial charge on any atom is 0.258 e. The third-order valence-electron chi connectivity index (χ3n) is 4.81. The van der Waals surface area contributed by atoms with Crippen molar-refractivity contribution in [2.45, 2.75) is 51.7 Å². The predicted octanol–water partition coefficient (Wildman–Crippen LogP) is 8.44. The summed E-state index contributed by atoms with van der Waals surface area (Å²) in [6.07, 6.45) is 1.54. The molecule has 2 aromatic heterocycles. The summed E-state index contributed by atoms with van der Waals surface area (Å²) in [5.74, 6) is 0. The van der Waals surface area contributed by atoms with Crippen molar-refractivity contribution in [2.24, 2.45) is 0 Å². The fourth-order valence-corrected chi connectivity index (χ4v) is 4.57. The van der Waals surface area contributed by atoms with E-state index in [1.807, 2.05) is 37.3 Å². The molecular formula is C32H42BrN5O2S. The molecule has 4 aromatic rings. The van der Waals surface area contributed by atoms with E-state index < -0.39 is 10.0 Å². The highest BCUT2D eigenvalue weighted by Crippen LogP contribution is 2.30. The Balaban J connectivity index is 0.000000698. The molecule has 0 aliphatic carbocycles. The standard InChI is InChI=1S/C17H16BrN3.C9H14N2O2S.3C2H4/c1-12(2)21-19-16(13-6-4-3-5-7-13)17(20-21)14-8-10-15(18)11-9-14;1-7(2)11-14(12,13)9-5-4-8(3)6-10-9;3*1-2/h3-12H,1-2H3;4-7,11H,1-3H3;3*1-2H2. The molecule has 0 aliphatic rings. The maximum atomic E-state index is 11.6. The van der Waals surface area contributed by atoms with E-state index in [9.17, 15) is 8.42 Å². The molecule has 220 valence electrons. The number of aryl methyl sites for hydroxylation is 1. The Hall–Kier alpha value is -3.66. The first kappa shape index (κ1) is 37.3. The summed E-state index contributed by atoms with van der Waals surface area (Å²) in [5.41, 5.74) is 4.94. The van der Waals surface area contributed by atoms with Gasteiger partial charge in [0.15, 0.2) is 5.03 Å². The molecule has 2 heterocycles. The first-order valence-corrected chi connectivity index (χ1v) is 15.1. The molecule has 0 fully saturated rings. The van der Waals surface area contributed by atoms with Gasteiger partial charge in [-0.15, -0.1) is 39.5 Å². The quantitative estimate of drug-likeness (QED) is 0.214. The van der Waals surface area contributed by atoms with Crippen molar-refractivity contribution in [3.8, 4) is 22.5 Å². The molecule has 2 aromatic carbocycles. The van der Waals surface area contributed by atoms with E-state index >= 15 is 0 Å². The van der Waals surface area contributed by atoms with Crippen molar-refractivity contribution in [2.75, 3.05) is 0 Å². The van der Waals surface area contributed by atoms with Crippen LogP contribution in [0.4, 0.5) is 0 Å². The first-order chi connectivity index (χ1) is 19.6. The number of nitrogens with one attached hydrogen (secondary N) is 1. The lowest BCUT2D eigenvalue weighted by Crippen LogP contribution is -2.30. The van der Waals surface area contributed by atoms with E-state index in [-0.39, 0.29) is 17.1 Å². The zero-order chi connectivity index (χ0) is 31.6. The van der Waals surface area contributed by atoms with Crippen LogP contribution in [0.3, 0.4) is 0 Å². The van der Waals surface area contributed by atoms with Crippen LogP contribution in [-0.4, -0.2) is 34.4 Å². The summed E-state index contributed by atoms with van der Waals surface area (Å²) in [5, 5.41) is 9.42. The van der Waals surface area contributed by atoms with Gasteiger partial charge < -0.3 is 0 Å². The molecule has 41 heavy (non-hydrogen) atoms. The van der Waals surface area contributed by atoms with Crippen LogP contribution < -0.4 is 4.72 Å². The number of halogens is 1. The van der Waals surface area contributed by atoms with Crippen molar-refractivity contribution in [1.29, 1.82) is 0 Å². The van der Waals surface area contributed by atoms with Gasteiger partial charge in [-0.25, -0.2) is 18.1 Å². The molecule has 1 N–H and O–H groups in total. The lowest BCUT2D eigenvalue weighted by atomic mass is 10.1. The van der Waals surface area contributed by atoms with Gasteiger partial charge in [0.1, 0.15) is 11.4 Å². The second-order valence-corrected chi connectivity index (χ2v) is 11.2. The second kappa shape index (κ2) is 19.4. The molecule has 0 bridgehead atoms. The van der Waals surface area contributed by atoms with Gasteiger partial charge in [0, 0.05) is 27.8 Å². The molecule has 7 nitrogen and oxygen atoms in total.